The number of ether oxygens (including phenoxy) is 2. The van der Waals surface area contributed by atoms with E-state index in [9.17, 15) is 13.2 Å². The first-order chi connectivity index (χ1) is 24.6. The third-order valence-electron chi connectivity index (χ3n) is 8.66. The van der Waals surface area contributed by atoms with Crippen molar-refractivity contribution in [3.05, 3.63) is 118 Å². The number of nitrogens with one attached hydrogen (secondary N) is 1. The number of amides is 1. The average molecular weight is 743 g/mol. The zero-order chi connectivity index (χ0) is 35.7. The summed E-state index contributed by atoms with van der Waals surface area (Å²) < 4.78 is 42.2. The number of para-hydroxylation sites is 1. The second kappa shape index (κ2) is 14.4. The van der Waals surface area contributed by atoms with E-state index in [1.54, 1.807) is 36.1 Å². The lowest BCUT2D eigenvalue weighted by Gasteiger charge is -2.26. The molecule has 1 N–H and O–H groups in total. The zero-order valence-corrected chi connectivity index (χ0v) is 30.1. The maximum atomic E-state index is 14.5. The molecule has 0 spiro atoms. The molecule has 10 nitrogen and oxygen atoms in total. The van der Waals surface area contributed by atoms with Crippen molar-refractivity contribution >= 4 is 55.9 Å². The van der Waals surface area contributed by atoms with Gasteiger partial charge >= 0.3 is 0 Å². The number of sulfonamides is 1. The minimum Gasteiger partial charge on any atom is -0.497 e. The molecule has 0 unspecified atom stereocenters. The molecule has 1 saturated heterocycles. The molecule has 260 valence electrons. The summed E-state index contributed by atoms with van der Waals surface area (Å²) in [4.78, 5) is 19.5. The lowest BCUT2D eigenvalue weighted by atomic mass is 10.0. The van der Waals surface area contributed by atoms with E-state index in [-0.39, 0.29) is 21.9 Å². The Hall–Kier alpha value is -4.94. The van der Waals surface area contributed by atoms with Gasteiger partial charge in [0.05, 0.1) is 45.7 Å². The number of methoxy groups -OCH3 is 1. The number of rotatable bonds is 9. The number of aromatic nitrogens is 3. The fourth-order valence-corrected chi connectivity index (χ4v) is 8.19. The molecule has 2 aromatic heterocycles. The number of carbonyl (C=O) groups is 1. The largest absolute Gasteiger partial charge is 0.497 e. The van der Waals surface area contributed by atoms with E-state index in [0.29, 0.717) is 57.1 Å². The number of carbonyl (C=O) groups excluding carboxylic acids is 1. The van der Waals surface area contributed by atoms with Crippen LogP contribution in [-0.2, 0) is 10.0 Å². The Labute approximate surface area is 305 Å². The van der Waals surface area contributed by atoms with Crippen molar-refractivity contribution in [2.24, 2.45) is 0 Å². The number of benzene rings is 4. The van der Waals surface area contributed by atoms with Gasteiger partial charge in [-0.15, -0.1) is 0 Å². The van der Waals surface area contributed by atoms with Crippen LogP contribution in [0.1, 0.15) is 35.3 Å². The lowest BCUT2D eigenvalue weighted by molar-refractivity contribution is 0.102. The van der Waals surface area contributed by atoms with Crippen LogP contribution in [0.15, 0.2) is 102 Å². The summed E-state index contributed by atoms with van der Waals surface area (Å²) in [7, 11) is -2.26. The van der Waals surface area contributed by atoms with Gasteiger partial charge in [-0.1, -0.05) is 47.8 Å². The van der Waals surface area contributed by atoms with Gasteiger partial charge in [-0.05, 0) is 98.6 Å². The van der Waals surface area contributed by atoms with Crippen LogP contribution in [0.3, 0.4) is 0 Å². The van der Waals surface area contributed by atoms with Crippen molar-refractivity contribution in [2.45, 2.75) is 31.1 Å². The van der Waals surface area contributed by atoms with Gasteiger partial charge in [-0.3, -0.25) is 4.79 Å². The summed E-state index contributed by atoms with van der Waals surface area (Å²) in [5, 5.41) is 8.98. The predicted molar refractivity (Wildman–Crippen MR) is 199 cm³/mol. The van der Waals surface area contributed by atoms with Crippen molar-refractivity contribution in [1.29, 1.82) is 0 Å². The quantitative estimate of drug-likeness (QED) is 0.157. The van der Waals surface area contributed by atoms with Gasteiger partial charge < -0.3 is 14.8 Å². The van der Waals surface area contributed by atoms with Crippen LogP contribution in [0, 0.1) is 6.92 Å². The minimum atomic E-state index is -3.85. The standard InChI is InChI=1S/C38H33Cl2N5O5S/c1-24-36-32(23-33(25-11-13-29(49-2)14-12-25)41-37(36)45(43-24)28-9-5-3-6-10-28)38(46)42-34-22-31(51(47,48)44-17-7-4-8-18-44)15-16-35(34)50-30-20-26(39)19-27(40)21-30/h3,5-6,9-16,19-23H,4,7-8,17-18H2,1-2H3,(H,42,46). The van der Waals surface area contributed by atoms with E-state index >= 15 is 0 Å². The molecule has 0 bridgehead atoms. The van der Waals surface area contributed by atoms with Crippen LogP contribution in [0.4, 0.5) is 5.69 Å². The molecule has 51 heavy (non-hydrogen) atoms. The number of hydrogen-bond acceptors (Lipinski definition) is 7. The molecule has 0 radical (unpaired) electrons. The summed E-state index contributed by atoms with van der Waals surface area (Å²) in [6, 6.07) is 27.7. The van der Waals surface area contributed by atoms with Crippen LogP contribution in [0.2, 0.25) is 10.0 Å². The van der Waals surface area contributed by atoms with Crippen molar-refractivity contribution in [1.82, 2.24) is 19.1 Å². The zero-order valence-electron chi connectivity index (χ0n) is 27.8. The SMILES string of the molecule is COc1ccc(-c2cc(C(=O)Nc3cc(S(=O)(=O)N4CCCCC4)ccc3Oc3cc(Cl)cc(Cl)c3)c3c(C)nn(-c4ccccc4)c3n2)cc1. The number of nitrogens with zero attached hydrogens (tertiary/aromatic N) is 4. The molecule has 1 fully saturated rings. The molecule has 0 aliphatic carbocycles. The third kappa shape index (κ3) is 7.15. The Morgan fingerprint density at radius 1 is 0.843 bits per heavy atom. The monoisotopic (exact) mass is 741 g/mol. The number of halogens is 2. The average Bonchev–Trinajstić information content (AvgIpc) is 3.48. The molecular formula is C38H33Cl2N5O5S. The smallest absolute Gasteiger partial charge is 0.256 e. The fraction of sp³-hybridized carbons (Fsp3) is 0.184. The molecular weight excluding hydrogens is 709 g/mol. The highest BCUT2D eigenvalue weighted by atomic mass is 35.5. The molecule has 13 heteroatoms. The number of hydrogen-bond donors (Lipinski definition) is 1. The number of piperidine rings is 1. The minimum absolute atomic E-state index is 0.0306. The van der Waals surface area contributed by atoms with Gasteiger partial charge in [-0.25, -0.2) is 18.1 Å². The van der Waals surface area contributed by atoms with Gasteiger partial charge in [0.1, 0.15) is 11.5 Å². The number of anilines is 1. The Kier molecular flexibility index (Phi) is 9.71. The summed E-state index contributed by atoms with van der Waals surface area (Å²) in [6.07, 6.45) is 2.54. The normalized spacial score (nSPS) is 13.6. The maximum absolute atomic E-state index is 14.5. The van der Waals surface area contributed by atoms with E-state index in [4.69, 9.17) is 42.8 Å². The fourth-order valence-electron chi connectivity index (χ4n) is 6.14. The molecule has 0 atom stereocenters. The molecule has 1 amide bonds. The first-order valence-electron chi connectivity index (χ1n) is 16.3. The van der Waals surface area contributed by atoms with Gasteiger partial charge in [0.2, 0.25) is 10.0 Å². The Morgan fingerprint density at radius 2 is 1.55 bits per heavy atom. The molecule has 1 aliphatic rings. The third-order valence-corrected chi connectivity index (χ3v) is 11.0. The highest BCUT2D eigenvalue weighted by Gasteiger charge is 2.28. The second-order valence-electron chi connectivity index (χ2n) is 12.1. The Balaban J connectivity index is 1.36. The van der Waals surface area contributed by atoms with Gasteiger partial charge in [-0.2, -0.15) is 9.40 Å². The van der Waals surface area contributed by atoms with Gasteiger partial charge in [0, 0.05) is 28.7 Å². The first kappa shape index (κ1) is 34.5. The highest BCUT2D eigenvalue weighted by Crippen LogP contribution is 2.37. The molecule has 6 aromatic rings. The van der Waals surface area contributed by atoms with E-state index in [2.05, 4.69) is 5.32 Å². The van der Waals surface area contributed by atoms with Crippen LogP contribution >= 0.6 is 23.2 Å². The van der Waals surface area contributed by atoms with E-state index in [1.165, 1.54) is 22.5 Å². The van der Waals surface area contributed by atoms with Crippen molar-refractivity contribution in [3.63, 3.8) is 0 Å². The van der Waals surface area contributed by atoms with Crippen molar-refractivity contribution < 1.29 is 22.7 Å². The summed E-state index contributed by atoms with van der Waals surface area (Å²) in [5.74, 6) is 0.657. The molecule has 3 heterocycles. The van der Waals surface area contributed by atoms with E-state index < -0.39 is 15.9 Å². The van der Waals surface area contributed by atoms with Crippen LogP contribution in [-0.4, -0.2) is 53.6 Å². The molecule has 1 aliphatic heterocycles. The Bertz CT molecular complexity index is 2340. The van der Waals surface area contributed by atoms with Crippen LogP contribution in [0.5, 0.6) is 17.2 Å². The topological polar surface area (TPSA) is 116 Å². The van der Waals surface area contributed by atoms with Crippen molar-refractivity contribution in [3.8, 4) is 34.2 Å². The van der Waals surface area contributed by atoms with Gasteiger partial charge in [0.15, 0.2) is 11.4 Å². The van der Waals surface area contributed by atoms with Crippen LogP contribution in [0.25, 0.3) is 28.0 Å². The summed E-state index contributed by atoms with van der Waals surface area (Å²) in [5.41, 5.74) is 3.53. The number of pyridine rings is 1. The molecule has 4 aromatic carbocycles. The summed E-state index contributed by atoms with van der Waals surface area (Å²) in [6.45, 7) is 2.67. The molecule has 7 rings (SSSR count). The lowest BCUT2D eigenvalue weighted by Crippen LogP contribution is -2.35. The molecule has 0 saturated carbocycles. The first-order valence-corrected chi connectivity index (χ1v) is 18.5. The Morgan fingerprint density at radius 3 is 2.24 bits per heavy atom. The van der Waals surface area contributed by atoms with E-state index in [0.717, 1.165) is 30.5 Å². The second-order valence-corrected chi connectivity index (χ2v) is 14.9. The predicted octanol–water partition coefficient (Wildman–Crippen LogP) is 8.93. The number of aryl methyl sites for hydroxylation is 1. The van der Waals surface area contributed by atoms with Crippen molar-refractivity contribution in [2.75, 3.05) is 25.5 Å². The highest BCUT2D eigenvalue weighted by molar-refractivity contribution is 7.89. The van der Waals surface area contributed by atoms with Crippen LogP contribution < -0.4 is 14.8 Å². The van der Waals surface area contributed by atoms with E-state index in [1.807, 2.05) is 61.5 Å². The summed E-state index contributed by atoms with van der Waals surface area (Å²) >= 11 is 12.5. The van der Waals surface area contributed by atoms with Gasteiger partial charge in [0.25, 0.3) is 5.91 Å². The maximum Gasteiger partial charge on any atom is 0.256 e. The number of fused-ring (bicyclic) bond motifs is 1.